The Hall–Kier alpha value is -1.22. The fourth-order valence-corrected chi connectivity index (χ4v) is 2.58. The summed E-state index contributed by atoms with van der Waals surface area (Å²) in [6.07, 6.45) is 3.95. The molecule has 18 heavy (non-hydrogen) atoms. The Kier molecular flexibility index (Phi) is 4.88. The van der Waals surface area contributed by atoms with Gasteiger partial charge in [-0.2, -0.15) is 0 Å². The van der Waals surface area contributed by atoms with Gasteiger partial charge in [0.25, 0.3) is 0 Å². The van der Waals surface area contributed by atoms with E-state index >= 15 is 0 Å². The second-order valence-electron chi connectivity index (χ2n) is 5.11. The van der Waals surface area contributed by atoms with Crippen LogP contribution in [0, 0.1) is 12.8 Å². The summed E-state index contributed by atoms with van der Waals surface area (Å²) in [5.41, 5.74) is 2.37. The summed E-state index contributed by atoms with van der Waals surface area (Å²) in [5.74, 6) is 1.79. The number of hydrogen-bond donors (Lipinski definition) is 2. The van der Waals surface area contributed by atoms with Crippen molar-refractivity contribution in [2.45, 2.75) is 26.2 Å². The summed E-state index contributed by atoms with van der Waals surface area (Å²) in [5, 5.41) is 6.96. The Balaban J connectivity index is 1.77. The molecule has 1 aliphatic heterocycles. The summed E-state index contributed by atoms with van der Waals surface area (Å²) in [4.78, 5) is 0. The van der Waals surface area contributed by atoms with E-state index in [9.17, 15) is 0 Å². The Morgan fingerprint density at radius 2 is 2.33 bits per heavy atom. The van der Waals surface area contributed by atoms with E-state index < -0.39 is 0 Å². The zero-order chi connectivity index (χ0) is 12.8. The molecule has 2 rings (SSSR count). The van der Waals surface area contributed by atoms with Crippen LogP contribution in [-0.2, 0) is 0 Å². The number of benzene rings is 1. The van der Waals surface area contributed by atoms with E-state index in [4.69, 9.17) is 4.74 Å². The van der Waals surface area contributed by atoms with Gasteiger partial charge in [0.15, 0.2) is 0 Å². The Bertz CT molecular complexity index is 373. The fraction of sp³-hybridized carbons (Fsp3) is 0.600. The number of nitrogens with one attached hydrogen (secondary N) is 2. The van der Waals surface area contributed by atoms with Crippen LogP contribution < -0.4 is 15.4 Å². The number of hydrogen-bond acceptors (Lipinski definition) is 3. The monoisotopic (exact) mass is 248 g/mol. The van der Waals surface area contributed by atoms with Crippen LogP contribution in [0.5, 0.6) is 5.75 Å². The average Bonchev–Trinajstić information content (AvgIpc) is 2.40. The van der Waals surface area contributed by atoms with Crippen molar-refractivity contribution in [1.29, 1.82) is 0 Å². The van der Waals surface area contributed by atoms with Crippen LogP contribution in [0.4, 0.5) is 5.69 Å². The van der Waals surface area contributed by atoms with Crippen molar-refractivity contribution in [3.8, 4) is 5.75 Å². The molecule has 1 aliphatic rings. The second kappa shape index (κ2) is 6.64. The summed E-state index contributed by atoms with van der Waals surface area (Å²) in [7, 11) is 1.71. The first-order chi connectivity index (χ1) is 8.79. The first-order valence-electron chi connectivity index (χ1n) is 6.89. The predicted octanol–water partition coefficient (Wildman–Crippen LogP) is 2.81. The van der Waals surface area contributed by atoms with Gasteiger partial charge >= 0.3 is 0 Å². The predicted molar refractivity (Wildman–Crippen MR) is 76.4 cm³/mol. The molecule has 0 saturated carbocycles. The van der Waals surface area contributed by atoms with Crippen LogP contribution in [0.25, 0.3) is 0 Å². The minimum absolute atomic E-state index is 0.839. The van der Waals surface area contributed by atoms with Crippen LogP contribution in [0.1, 0.15) is 24.8 Å². The van der Waals surface area contributed by atoms with Crippen LogP contribution in [0.2, 0.25) is 0 Å². The lowest BCUT2D eigenvalue weighted by Crippen LogP contribution is -2.30. The molecular formula is C15H24N2O. The maximum atomic E-state index is 5.26. The number of aryl methyl sites for hydroxylation is 1. The second-order valence-corrected chi connectivity index (χ2v) is 5.11. The van der Waals surface area contributed by atoms with Crippen molar-refractivity contribution < 1.29 is 4.74 Å². The molecule has 0 aliphatic carbocycles. The van der Waals surface area contributed by atoms with E-state index in [0.717, 1.165) is 18.2 Å². The maximum absolute atomic E-state index is 5.26. The number of anilines is 1. The van der Waals surface area contributed by atoms with E-state index in [1.807, 2.05) is 6.07 Å². The van der Waals surface area contributed by atoms with Crippen molar-refractivity contribution >= 4 is 5.69 Å². The molecule has 100 valence electrons. The number of rotatable bonds is 5. The van der Waals surface area contributed by atoms with Gasteiger partial charge in [0.2, 0.25) is 0 Å². The van der Waals surface area contributed by atoms with E-state index in [1.54, 1.807) is 7.11 Å². The minimum Gasteiger partial charge on any atom is -0.496 e. The van der Waals surface area contributed by atoms with Crippen molar-refractivity contribution in [2.75, 3.05) is 32.1 Å². The first-order valence-corrected chi connectivity index (χ1v) is 6.89. The van der Waals surface area contributed by atoms with Gasteiger partial charge in [-0.25, -0.2) is 0 Å². The number of methoxy groups -OCH3 is 1. The molecule has 3 heteroatoms. The van der Waals surface area contributed by atoms with Crippen molar-refractivity contribution in [3.05, 3.63) is 23.8 Å². The van der Waals surface area contributed by atoms with Gasteiger partial charge in [0, 0.05) is 12.2 Å². The first kappa shape index (κ1) is 13.2. The summed E-state index contributed by atoms with van der Waals surface area (Å²) in [6.45, 7) is 5.51. The number of ether oxygens (including phenoxy) is 1. The van der Waals surface area contributed by atoms with Gasteiger partial charge in [0.05, 0.1) is 7.11 Å². The molecule has 1 aromatic carbocycles. The largest absolute Gasteiger partial charge is 0.496 e. The Morgan fingerprint density at radius 3 is 3.00 bits per heavy atom. The third-order valence-corrected chi connectivity index (χ3v) is 3.68. The summed E-state index contributed by atoms with van der Waals surface area (Å²) < 4.78 is 5.26. The minimum atomic E-state index is 0.839. The van der Waals surface area contributed by atoms with E-state index in [0.29, 0.717) is 0 Å². The smallest absolute Gasteiger partial charge is 0.121 e. The molecule has 2 N–H and O–H groups in total. The molecule has 0 aromatic heterocycles. The van der Waals surface area contributed by atoms with E-state index in [1.165, 1.54) is 43.6 Å². The molecule has 0 bridgehead atoms. The standard InChI is InChI=1S/C15H24N2O/c1-12-10-14(5-6-15(12)18-2)17-9-7-13-4-3-8-16-11-13/h5-6,10,13,16-17H,3-4,7-9,11H2,1-2H3. The lowest BCUT2D eigenvalue weighted by atomic mass is 9.96. The molecule has 1 fully saturated rings. The molecule has 1 atom stereocenters. The van der Waals surface area contributed by atoms with Gasteiger partial charge in [-0.15, -0.1) is 0 Å². The zero-order valence-corrected chi connectivity index (χ0v) is 11.5. The van der Waals surface area contributed by atoms with E-state index in [-0.39, 0.29) is 0 Å². The normalized spacial score (nSPS) is 19.6. The zero-order valence-electron chi connectivity index (χ0n) is 11.5. The van der Waals surface area contributed by atoms with Crippen LogP contribution in [-0.4, -0.2) is 26.7 Å². The molecule has 1 aromatic rings. The maximum Gasteiger partial charge on any atom is 0.121 e. The Labute approximate surface area is 110 Å². The van der Waals surface area contributed by atoms with E-state index in [2.05, 4.69) is 29.7 Å². The van der Waals surface area contributed by atoms with Gasteiger partial charge in [-0.1, -0.05) is 0 Å². The van der Waals surface area contributed by atoms with Crippen LogP contribution in [0.15, 0.2) is 18.2 Å². The van der Waals surface area contributed by atoms with Crippen molar-refractivity contribution in [2.24, 2.45) is 5.92 Å². The highest BCUT2D eigenvalue weighted by Gasteiger charge is 2.12. The third-order valence-electron chi connectivity index (χ3n) is 3.68. The average molecular weight is 248 g/mol. The highest BCUT2D eigenvalue weighted by Crippen LogP contribution is 2.21. The molecule has 1 unspecified atom stereocenters. The third kappa shape index (κ3) is 3.64. The highest BCUT2D eigenvalue weighted by molar-refractivity contribution is 5.50. The quantitative estimate of drug-likeness (QED) is 0.840. The topological polar surface area (TPSA) is 33.3 Å². The summed E-state index contributed by atoms with van der Waals surface area (Å²) >= 11 is 0. The molecular weight excluding hydrogens is 224 g/mol. The lowest BCUT2D eigenvalue weighted by Gasteiger charge is -2.22. The summed E-state index contributed by atoms with van der Waals surface area (Å²) in [6, 6.07) is 6.27. The van der Waals surface area contributed by atoms with Gasteiger partial charge in [0.1, 0.15) is 5.75 Å². The van der Waals surface area contributed by atoms with Crippen molar-refractivity contribution in [3.63, 3.8) is 0 Å². The Morgan fingerprint density at radius 1 is 1.44 bits per heavy atom. The lowest BCUT2D eigenvalue weighted by molar-refractivity contribution is 0.364. The molecule has 1 saturated heterocycles. The van der Waals surface area contributed by atoms with Crippen LogP contribution in [0.3, 0.4) is 0 Å². The fourth-order valence-electron chi connectivity index (χ4n) is 2.58. The molecule has 0 amide bonds. The molecule has 1 heterocycles. The van der Waals surface area contributed by atoms with Crippen LogP contribution >= 0.6 is 0 Å². The SMILES string of the molecule is COc1ccc(NCCC2CCCNC2)cc1C. The molecule has 0 spiro atoms. The van der Waals surface area contributed by atoms with Gasteiger partial charge in [-0.3, -0.25) is 0 Å². The van der Waals surface area contributed by atoms with Gasteiger partial charge < -0.3 is 15.4 Å². The van der Waals surface area contributed by atoms with Crippen molar-refractivity contribution in [1.82, 2.24) is 5.32 Å². The highest BCUT2D eigenvalue weighted by atomic mass is 16.5. The molecule has 0 radical (unpaired) electrons. The molecule has 3 nitrogen and oxygen atoms in total. The number of piperidine rings is 1. The van der Waals surface area contributed by atoms with Gasteiger partial charge in [-0.05, 0) is 69.0 Å².